The van der Waals surface area contributed by atoms with Gasteiger partial charge in [0.1, 0.15) is 6.54 Å². The summed E-state index contributed by atoms with van der Waals surface area (Å²) in [6.45, 7) is 8.43. The summed E-state index contributed by atoms with van der Waals surface area (Å²) in [5.41, 5.74) is 3.31. The van der Waals surface area contributed by atoms with Gasteiger partial charge in [-0.1, -0.05) is 12.1 Å². The van der Waals surface area contributed by atoms with Crippen LogP contribution in [0.15, 0.2) is 35.8 Å². The highest BCUT2D eigenvalue weighted by molar-refractivity contribution is 6.09. The van der Waals surface area contributed by atoms with Gasteiger partial charge < -0.3 is 5.32 Å². The Morgan fingerprint density at radius 2 is 2.00 bits per heavy atom. The molecule has 0 spiro atoms. The molecule has 0 aliphatic carbocycles. The maximum absolute atomic E-state index is 11.6. The number of amides is 1. The molecule has 1 amide bonds. The van der Waals surface area contributed by atoms with Crippen molar-refractivity contribution in [2.45, 2.75) is 13.8 Å². The van der Waals surface area contributed by atoms with E-state index in [0.29, 0.717) is 12.5 Å². The number of carbonyl (C=O) groups excluding carboxylic acids is 1. The van der Waals surface area contributed by atoms with Crippen LogP contribution in [0.25, 0.3) is 0 Å². The van der Waals surface area contributed by atoms with E-state index >= 15 is 0 Å². The molecule has 0 atom stereocenters. The summed E-state index contributed by atoms with van der Waals surface area (Å²) in [6.07, 6.45) is 1.70. The van der Waals surface area contributed by atoms with Gasteiger partial charge in [0.25, 0.3) is 5.91 Å². The second-order valence-corrected chi connectivity index (χ2v) is 4.43. The van der Waals surface area contributed by atoms with E-state index in [2.05, 4.69) is 23.0 Å². The highest BCUT2D eigenvalue weighted by Gasteiger charge is 2.24. The molecule has 1 aromatic carbocycles. The second kappa shape index (κ2) is 6.38. The Balaban J connectivity index is 0.00000180. The number of benzene rings is 1. The van der Waals surface area contributed by atoms with Crippen molar-refractivity contribution in [3.8, 4) is 0 Å². The molecule has 5 heteroatoms. The Bertz CT molecular complexity index is 505. The van der Waals surface area contributed by atoms with Gasteiger partial charge in [-0.25, -0.2) is 4.99 Å². The second-order valence-electron chi connectivity index (χ2n) is 4.43. The molecule has 2 rings (SSSR count). The van der Waals surface area contributed by atoms with Gasteiger partial charge in [-0.15, -0.1) is 19.0 Å². The van der Waals surface area contributed by atoms with Gasteiger partial charge in [0, 0.05) is 12.2 Å². The van der Waals surface area contributed by atoms with E-state index < -0.39 is 0 Å². The number of rotatable bonds is 3. The van der Waals surface area contributed by atoms with Crippen LogP contribution in [0.2, 0.25) is 0 Å². The predicted molar refractivity (Wildman–Crippen MR) is 81.0 cm³/mol. The summed E-state index contributed by atoms with van der Waals surface area (Å²) in [5, 5.41) is 3.20. The maximum Gasteiger partial charge on any atom is 0.251 e. The van der Waals surface area contributed by atoms with Crippen molar-refractivity contribution in [1.29, 1.82) is 0 Å². The van der Waals surface area contributed by atoms with Crippen LogP contribution in [-0.4, -0.2) is 29.9 Å². The zero-order valence-electron chi connectivity index (χ0n) is 11.1. The SMILES string of the molecule is C=CCN1C(=O)CN=C1Nc1cc(C)cc(C)c1.Cl. The lowest BCUT2D eigenvalue weighted by atomic mass is 10.1. The molecule has 0 unspecified atom stereocenters. The molecular weight excluding hydrogens is 262 g/mol. The Hall–Kier alpha value is -1.81. The van der Waals surface area contributed by atoms with Gasteiger partial charge in [-0.05, 0) is 37.1 Å². The monoisotopic (exact) mass is 279 g/mol. The van der Waals surface area contributed by atoms with Crippen LogP contribution < -0.4 is 5.32 Å². The average Bonchev–Trinajstić information content (AvgIpc) is 2.60. The number of anilines is 1. The van der Waals surface area contributed by atoms with Crippen LogP contribution in [0.4, 0.5) is 5.69 Å². The van der Waals surface area contributed by atoms with E-state index in [0.717, 1.165) is 5.69 Å². The lowest BCUT2D eigenvalue weighted by Gasteiger charge is -2.18. The van der Waals surface area contributed by atoms with Crippen LogP contribution in [-0.2, 0) is 4.79 Å². The minimum absolute atomic E-state index is 0. The van der Waals surface area contributed by atoms with Gasteiger partial charge in [0.05, 0.1) is 0 Å². The van der Waals surface area contributed by atoms with Crippen molar-refractivity contribution >= 4 is 30.0 Å². The van der Waals surface area contributed by atoms with Crippen LogP contribution in [0.1, 0.15) is 11.1 Å². The van der Waals surface area contributed by atoms with Crippen molar-refractivity contribution in [3.05, 3.63) is 42.0 Å². The molecule has 0 bridgehead atoms. The third-order valence-electron chi connectivity index (χ3n) is 2.71. The molecule has 4 nitrogen and oxygen atoms in total. The molecule has 0 fully saturated rings. The number of aliphatic imine (C=N–C) groups is 1. The molecule has 0 saturated carbocycles. The molecule has 19 heavy (non-hydrogen) atoms. The zero-order chi connectivity index (χ0) is 13.1. The van der Waals surface area contributed by atoms with E-state index in [9.17, 15) is 4.79 Å². The fourth-order valence-corrected chi connectivity index (χ4v) is 2.03. The molecule has 0 aromatic heterocycles. The fraction of sp³-hybridized carbons (Fsp3) is 0.286. The molecule has 1 aliphatic rings. The topological polar surface area (TPSA) is 44.7 Å². The van der Waals surface area contributed by atoms with Crippen molar-refractivity contribution in [2.75, 3.05) is 18.4 Å². The number of aryl methyl sites for hydroxylation is 2. The average molecular weight is 280 g/mol. The number of nitrogens with zero attached hydrogens (tertiary/aromatic N) is 2. The van der Waals surface area contributed by atoms with Crippen molar-refractivity contribution in [2.24, 2.45) is 4.99 Å². The van der Waals surface area contributed by atoms with E-state index in [1.54, 1.807) is 11.0 Å². The van der Waals surface area contributed by atoms with Crippen molar-refractivity contribution < 1.29 is 4.79 Å². The molecule has 1 N–H and O–H groups in total. The predicted octanol–water partition coefficient (Wildman–Crippen LogP) is 2.52. The summed E-state index contributed by atoms with van der Waals surface area (Å²) < 4.78 is 0. The Morgan fingerprint density at radius 3 is 2.58 bits per heavy atom. The van der Waals surface area contributed by atoms with Gasteiger partial charge in [-0.2, -0.15) is 0 Å². The molecule has 1 aliphatic heterocycles. The highest BCUT2D eigenvalue weighted by Crippen LogP contribution is 2.15. The van der Waals surface area contributed by atoms with Crippen molar-refractivity contribution in [1.82, 2.24) is 4.90 Å². The van der Waals surface area contributed by atoms with E-state index in [-0.39, 0.29) is 24.9 Å². The quantitative estimate of drug-likeness (QED) is 0.864. The van der Waals surface area contributed by atoms with Gasteiger partial charge >= 0.3 is 0 Å². The molecule has 0 radical (unpaired) electrons. The van der Waals surface area contributed by atoms with E-state index in [1.165, 1.54) is 11.1 Å². The molecule has 102 valence electrons. The minimum atomic E-state index is 0. The van der Waals surface area contributed by atoms with Crippen LogP contribution in [0.5, 0.6) is 0 Å². The first kappa shape index (κ1) is 15.2. The normalized spacial score (nSPS) is 13.9. The summed E-state index contributed by atoms with van der Waals surface area (Å²) in [5.74, 6) is 0.603. The lowest BCUT2D eigenvalue weighted by molar-refractivity contribution is -0.124. The summed E-state index contributed by atoms with van der Waals surface area (Å²) in [4.78, 5) is 17.4. The lowest BCUT2D eigenvalue weighted by Crippen LogP contribution is -2.36. The first-order valence-electron chi connectivity index (χ1n) is 5.91. The summed E-state index contributed by atoms with van der Waals surface area (Å²) in [6, 6.07) is 6.17. The van der Waals surface area contributed by atoms with Crippen LogP contribution >= 0.6 is 12.4 Å². The maximum atomic E-state index is 11.6. The first-order valence-corrected chi connectivity index (χ1v) is 5.91. The molecule has 1 aromatic rings. The first-order chi connectivity index (χ1) is 8.60. The fourth-order valence-electron chi connectivity index (χ4n) is 2.03. The number of nitrogens with one attached hydrogen (secondary N) is 1. The number of halogens is 1. The van der Waals surface area contributed by atoms with Crippen LogP contribution in [0.3, 0.4) is 0 Å². The number of guanidine groups is 1. The minimum Gasteiger partial charge on any atom is -0.326 e. The number of carbonyl (C=O) groups is 1. The van der Waals surface area contributed by atoms with Gasteiger partial charge in [-0.3, -0.25) is 9.69 Å². The van der Waals surface area contributed by atoms with E-state index in [4.69, 9.17) is 0 Å². The Kier molecular flexibility index (Phi) is 5.12. The van der Waals surface area contributed by atoms with Gasteiger partial charge in [0.2, 0.25) is 5.96 Å². The van der Waals surface area contributed by atoms with Crippen molar-refractivity contribution in [3.63, 3.8) is 0 Å². The zero-order valence-corrected chi connectivity index (χ0v) is 12.0. The molecule has 0 saturated heterocycles. The number of hydrogen-bond donors (Lipinski definition) is 1. The number of hydrogen-bond acceptors (Lipinski definition) is 3. The summed E-state index contributed by atoms with van der Waals surface area (Å²) >= 11 is 0. The molecular formula is C14H18ClN3O. The summed E-state index contributed by atoms with van der Waals surface area (Å²) in [7, 11) is 0. The Labute approximate surface area is 119 Å². The smallest absolute Gasteiger partial charge is 0.251 e. The highest BCUT2D eigenvalue weighted by atomic mass is 35.5. The van der Waals surface area contributed by atoms with Crippen LogP contribution in [0, 0.1) is 13.8 Å². The Morgan fingerprint density at radius 1 is 1.37 bits per heavy atom. The standard InChI is InChI=1S/C14H17N3O.ClH/c1-4-5-17-13(18)9-15-14(17)16-12-7-10(2)6-11(3)8-12;/h4,6-8H,1,5,9H2,2-3H3,(H,15,16);1H. The largest absolute Gasteiger partial charge is 0.326 e. The third kappa shape index (κ3) is 3.58. The molecule has 1 heterocycles. The third-order valence-corrected chi connectivity index (χ3v) is 2.71. The van der Waals surface area contributed by atoms with E-state index in [1.807, 2.05) is 26.0 Å². The van der Waals surface area contributed by atoms with Gasteiger partial charge in [0.15, 0.2) is 0 Å².